The van der Waals surface area contributed by atoms with Crippen LogP contribution in [0, 0.1) is 0 Å². The quantitative estimate of drug-likeness (QED) is 0.0896. The average molecular weight is 492 g/mol. The molecule has 0 spiro atoms. The van der Waals surface area contributed by atoms with Crippen LogP contribution >= 0.6 is 0 Å². The minimum absolute atomic E-state index is 0.0847. The van der Waals surface area contributed by atoms with E-state index in [1.807, 2.05) is 6.08 Å². The standard InChI is InChI=1S/C31H57NO3/c1-3-5-7-9-11-13-14-15-16-17-19-21-23-25-27-31(35)32-29(28-33)30(34)26-24-22-20-18-12-10-8-6-4-2/h9,11,14-15,24,26,29-30,33-34H,3-8,10,12-13,16-23,25,27-28H2,1-2H3,(H,32,35)/b11-9-,15-14-,26-24+. The molecule has 204 valence electrons. The van der Waals surface area contributed by atoms with Crippen LogP contribution in [0.25, 0.3) is 0 Å². The molecule has 0 rings (SSSR count). The SMILES string of the molecule is CCCC/C=C\C/C=C\CCCCCCCC(=O)NC(CO)C(O)/C=C/CCCCCCCCC. The lowest BCUT2D eigenvalue weighted by atomic mass is 10.1. The second kappa shape index (κ2) is 27.2. The molecule has 0 saturated carbocycles. The summed E-state index contributed by atoms with van der Waals surface area (Å²) in [6.07, 6.45) is 33.5. The van der Waals surface area contributed by atoms with Gasteiger partial charge in [-0.1, -0.05) is 121 Å². The molecule has 35 heavy (non-hydrogen) atoms. The Bertz CT molecular complexity index is 541. The second-order valence-corrected chi connectivity index (χ2v) is 9.81. The van der Waals surface area contributed by atoms with Gasteiger partial charge in [0.25, 0.3) is 0 Å². The molecule has 0 aromatic heterocycles. The normalized spacial score (nSPS) is 13.8. The number of allylic oxidation sites excluding steroid dienone is 5. The topological polar surface area (TPSA) is 69.6 Å². The number of amides is 1. The molecule has 0 bridgehead atoms. The summed E-state index contributed by atoms with van der Waals surface area (Å²) in [7, 11) is 0. The first-order valence-corrected chi connectivity index (χ1v) is 14.7. The third-order valence-electron chi connectivity index (χ3n) is 6.37. The van der Waals surface area contributed by atoms with Crippen molar-refractivity contribution in [3.63, 3.8) is 0 Å². The smallest absolute Gasteiger partial charge is 0.220 e. The Morgan fingerprint density at radius 2 is 1.20 bits per heavy atom. The van der Waals surface area contributed by atoms with Gasteiger partial charge >= 0.3 is 0 Å². The van der Waals surface area contributed by atoms with E-state index in [0.29, 0.717) is 6.42 Å². The molecule has 0 fully saturated rings. The molecule has 0 radical (unpaired) electrons. The molecule has 0 aliphatic carbocycles. The van der Waals surface area contributed by atoms with E-state index in [2.05, 4.69) is 43.5 Å². The van der Waals surface area contributed by atoms with Gasteiger partial charge in [-0.15, -0.1) is 0 Å². The number of nitrogens with one attached hydrogen (secondary N) is 1. The Morgan fingerprint density at radius 1 is 0.686 bits per heavy atom. The molecule has 0 aromatic rings. The van der Waals surface area contributed by atoms with Crippen molar-refractivity contribution in [1.29, 1.82) is 0 Å². The van der Waals surface area contributed by atoms with Crippen molar-refractivity contribution in [1.82, 2.24) is 5.32 Å². The molecule has 2 unspecified atom stereocenters. The van der Waals surface area contributed by atoms with Crippen LogP contribution in [0.2, 0.25) is 0 Å². The van der Waals surface area contributed by atoms with Crippen LogP contribution in [0.5, 0.6) is 0 Å². The lowest BCUT2D eigenvalue weighted by Crippen LogP contribution is -2.45. The number of aliphatic hydroxyl groups excluding tert-OH is 2. The summed E-state index contributed by atoms with van der Waals surface area (Å²) in [5, 5.41) is 22.6. The van der Waals surface area contributed by atoms with Crippen molar-refractivity contribution in [3.05, 3.63) is 36.5 Å². The van der Waals surface area contributed by atoms with E-state index in [1.165, 1.54) is 70.6 Å². The third kappa shape index (κ3) is 24.1. The monoisotopic (exact) mass is 491 g/mol. The first kappa shape index (κ1) is 33.6. The van der Waals surface area contributed by atoms with Crippen LogP contribution in [0.4, 0.5) is 0 Å². The maximum Gasteiger partial charge on any atom is 0.220 e. The predicted molar refractivity (Wildman–Crippen MR) is 152 cm³/mol. The first-order valence-electron chi connectivity index (χ1n) is 14.7. The number of hydrogen-bond acceptors (Lipinski definition) is 3. The molecule has 3 N–H and O–H groups in total. The van der Waals surface area contributed by atoms with Crippen molar-refractivity contribution in [2.24, 2.45) is 0 Å². The number of carbonyl (C=O) groups excluding carboxylic acids is 1. The highest BCUT2D eigenvalue weighted by atomic mass is 16.3. The van der Waals surface area contributed by atoms with Gasteiger partial charge in [0, 0.05) is 6.42 Å². The molecule has 4 nitrogen and oxygen atoms in total. The lowest BCUT2D eigenvalue weighted by Gasteiger charge is -2.20. The minimum Gasteiger partial charge on any atom is -0.394 e. The summed E-state index contributed by atoms with van der Waals surface area (Å²) < 4.78 is 0. The highest BCUT2D eigenvalue weighted by Gasteiger charge is 2.17. The Morgan fingerprint density at radius 3 is 1.80 bits per heavy atom. The van der Waals surface area contributed by atoms with Crippen LogP contribution < -0.4 is 5.32 Å². The van der Waals surface area contributed by atoms with Gasteiger partial charge in [0.15, 0.2) is 0 Å². The van der Waals surface area contributed by atoms with Gasteiger partial charge in [0.2, 0.25) is 5.91 Å². The summed E-state index contributed by atoms with van der Waals surface area (Å²) >= 11 is 0. The number of rotatable bonds is 25. The molecule has 0 aliphatic rings. The van der Waals surface area contributed by atoms with Crippen molar-refractivity contribution >= 4 is 5.91 Å². The van der Waals surface area contributed by atoms with Gasteiger partial charge in [0.1, 0.15) is 0 Å². The molecule has 0 saturated heterocycles. The highest BCUT2D eigenvalue weighted by molar-refractivity contribution is 5.76. The molecule has 0 heterocycles. The van der Waals surface area contributed by atoms with E-state index in [4.69, 9.17) is 0 Å². The first-order chi connectivity index (χ1) is 17.2. The van der Waals surface area contributed by atoms with Crippen molar-refractivity contribution in [2.45, 2.75) is 148 Å². The third-order valence-corrected chi connectivity index (χ3v) is 6.37. The number of aliphatic hydroxyl groups is 2. The molecule has 0 aromatic carbocycles. The second-order valence-electron chi connectivity index (χ2n) is 9.81. The molecule has 2 atom stereocenters. The fourth-order valence-corrected chi connectivity index (χ4v) is 4.01. The summed E-state index contributed by atoms with van der Waals surface area (Å²) in [5.74, 6) is -0.0847. The van der Waals surface area contributed by atoms with E-state index in [0.717, 1.165) is 44.9 Å². The van der Waals surface area contributed by atoms with Crippen LogP contribution in [0.15, 0.2) is 36.5 Å². The largest absolute Gasteiger partial charge is 0.394 e. The van der Waals surface area contributed by atoms with E-state index < -0.39 is 12.1 Å². The van der Waals surface area contributed by atoms with E-state index in [-0.39, 0.29) is 12.5 Å². The van der Waals surface area contributed by atoms with Crippen molar-refractivity contribution in [2.75, 3.05) is 6.61 Å². The average Bonchev–Trinajstić information content (AvgIpc) is 2.86. The Labute approximate surface area is 217 Å². The maximum atomic E-state index is 12.2. The van der Waals surface area contributed by atoms with E-state index in [9.17, 15) is 15.0 Å². The van der Waals surface area contributed by atoms with Crippen LogP contribution in [-0.2, 0) is 4.79 Å². The van der Waals surface area contributed by atoms with Gasteiger partial charge in [-0.2, -0.15) is 0 Å². The van der Waals surface area contributed by atoms with E-state index >= 15 is 0 Å². The summed E-state index contributed by atoms with van der Waals surface area (Å²) in [6.45, 7) is 4.20. The van der Waals surface area contributed by atoms with Gasteiger partial charge in [-0.05, 0) is 44.9 Å². The molecule has 0 aliphatic heterocycles. The molecular weight excluding hydrogens is 434 g/mol. The summed E-state index contributed by atoms with van der Waals surface area (Å²) in [4.78, 5) is 12.2. The van der Waals surface area contributed by atoms with Gasteiger partial charge in [-0.25, -0.2) is 0 Å². The molecule has 1 amide bonds. The van der Waals surface area contributed by atoms with Crippen molar-refractivity contribution < 1.29 is 15.0 Å². The van der Waals surface area contributed by atoms with E-state index in [1.54, 1.807) is 6.08 Å². The van der Waals surface area contributed by atoms with Gasteiger partial charge in [-0.3, -0.25) is 4.79 Å². The highest BCUT2D eigenvalue weighted by Crippen LogP contribution is 2.10. The lowest BCUT2D eigenvalue weighted by molar-refractivity contribution is -0.123. The van der Waals surface area contributed by atoms with Gasteiger partial charge < -0.3 is 15.5 Å². The van der Waals surface area contributed by atoms with Gasteiger partial charge in [0.05, 0.1) is 18.8 Å². The molecule has 4 heteroatoms. The maximum absolute atomic E-state index is 12.2. The zero-order valence-electron chi connectivity index (χ0n) is 23.1. The Hall–Kier alpha value is -1.39. The Kier molecular flexibility index (Phi) is 26.1. The minimum atomic E-state index is -0.839. The summed E-state index contributed by atoms with van der Waals surface area (Å²) in [5.41, 5.74) is 0. The fourth-order valence-electron chi connectivity index (χ4n) is 4.01. The van der Waals surface area contributed by atoms with Crippen LogP contribution in [0.1, 0.15) is 136 Å². The number of carbonyl (C=O) groups is 1. The zero-order chi connectivity index (χ0) is 25.8. The van der Waals surface area contributed by atoms with Crippen LogP contribution in [0.3, 0.4) is 0 Å². The Balaban J connectivity index is 3.73. The zero-order valence-corrected chi connectivity index (χ0v) is 23.1. The summed E-state index contributed by atoms with van der Waals surface area (Å²) in [6, 6.07) is -0.624. The number of hydrogen-bond donors (Lipinski definition) is 3. The number of unbranched alkanes of at least 4 members (excludes halogenated alkanes) is 14. The predicted octanol–water partition coefficient (Wildman–Crippen LogP) is 7.94. The van der Waals surface area contributed by atoms with Crippen LogP contribution in [-0.4, -0.2) is 34.9 Å². The van der Waals surface area contributed by atoms with Crippen molar-refractivity contribution in [3.8, 4) is 0 Å². The molecular formula is C31H57NO3. The fraction of sp³-hybridized carbons (Fsp3) is 0.774.